The summed E-state index contributed by atoms with van der Waals surface area (Å²) in [5.74, 6) is 2.10. The number of thioether (sulfide) groups is 1. The molecule has 0 radical (unpaired) electrons. The van der Waals surface area contributed by atoms with Gasteiger partial charge < -0.3 is 9.47 Å². The maximum atomic E-state index is 12.4. The van der Waals surface area contributed by atoms with Crippen LogP contribution in [0.5, 0.6) is 0 Å². The summed E-state index contributed by atoms with van der Waals surface area (Å²) in [6, 6.07) is -0.538. The van der Waals surface area contributed by atoms with E-state index in [-0.39, 0.29) is 5.97 Å². The molecule has 2 heterocycles. The second-order valence-corrected chi connectivity index (χ2v) is 7.94. The number of methoxy groups -OCH3 is 1. The summed E-state index contributed by atoms with van der Waals surface area (Å²) in [6.07, 6.45) is 4.99. The van der Waals surface area contributed by atoms with Crippen molar-refractivity contribution in [2.75, 3.05) is 26.0 Å². The van der Waals surface area contributed by atoms with E-state index in [4.69, 9.17) is 9.47 Å². The predicted molar refractivity (Wildman–Crippen MR) is 95.6 cm³/mol. The highest BCUT2D eigenvalue weighted by Gasteiger charge is 2.44. The van der Waals surface area contributed by atoms with Crippen molar-refractivity contribution >= 4 is 23.8 Å². The number of amides is 1. The van der Waals surface area contributed by atoms with Crippen molar-refractivity contribution in [2.24, 2.45) is 17.8 Å². The first-order valence-electron chi connectivity index (χ1n) is 9.11. The molecule has 4 atom stereocenters. The van der Waals surface area contributed by atoms with Crippen molar-refractivity contribution in [3.05, 3.63) is 6.33 Å². The van der Waals surface area contributed by atoms with Crippen LogP contribution in [-0.2, 0) is 14.3 Å². The molecule has 1 aliphatic heterocycles. The first-order chi connectivity index (χ1) is 12.6. The normalized spacial score (nSPS) is 28.3. The number of likely N-dealkylation sites (tertiary alicyclic amines) is 1. The van der Waals surface area contributed by atoms with E-state index in [2.05, 4.69) is 15.2 Å². The molecule has 1 aliphatic carbocycles. The Morgan fingerprint density at radius 2 is 2.19 bits per heavy atom. The molecule has 2 fully saturated rings. The first kappa shape index (κ1) is 19.0. The van der Waals surface area contributed by atoms with Crippen LogP contribution in [0.25, 0.3) is 0 Å². The predicted octanol–water partition coefficient (Wildman–Crippen LogP) is 2.33. The van der Waals surface area contributed by atoms with Gasteiger partial charge in [-0.05, 0) is 50.4 Å². The lowest BCUT2D eigenvalue weighted by Gasteiger charge is -2.46. The highest BCUT2D eigenvalue weighted by Crippen LogP contribution is 2.42. The third-order valence-corrected chi connectivity index (χ3v) is 6.51. The van der Waals surface area contributed by atoms with Crippen LogP contribution < -0.4 is 0 Å². The molecule has 1 aromatic rings. The molecule has 26 heavy (non-hydrogen) atoms. The van der Waals surface area contributed by atoms with E-state index in [1.165, 1.54) is 13.4 Å². The molecule has 0 unspecified atom stereocenters. The van der Waals surface area contributed by atoms with Gasteiger partial charge in [-0.3, -0.25) is 10.00 Å². The minimum absolute atomic E-state index is 0.314. The van der Waals surface area contributed by atoms with Crippen LogP contribution in [0.1, 0.15) is 32.6 Å². The second-order valence-electron chi connectivity index (χ2n) is 6.93. The highest BCUT2D eigenvalue weighted by molar-refractivity contribution is 7.99. The molecule has 1 saturated carbocycles. The van der Waals surface area contributed by atoms with Gasteiger partial charge in [-0.15, -0.1) is 0 Å². The quantitative estimate of drug-likeness (QED) is 0.616. The van der Waals surface area contributed by atoms with Crippen molar-refractivity contribution in [1.29, 1.82) is 0 Å². The fraction of sp³-hybridized carbons (Fsp3) is 0.765. The van der Waals surface area contributed by atoms with Crippen molar-refractivity contribution in [3.8, 4) is 0 Å². The van der Waals surface area contributed by atoms with Gasteiger partial charge in [0.2, 0.25) is 0 Å². The Morgan fingerprint density at radius 1 is 1.35 bits per heavy atom. The zero-order chi connectivity index (χ0) is 18.5. The van der Waals surface area contributed by atoms with Gasteiger partial charge in [0.1, 0.15) is 12.4 Å². The van der Waals surface area contributed by atoms with Crippen molar-refractivity contribution in [3.63, 3.8) is 0 Å². The van der Waals surface area contributed by atoms with Crippen LogP contribution in [-0.4, -0.2) is 64.2 Å². The number of nitrogens with one attached hydrogen (secondary N) is 1. The van der Waals surface area contributed by atoms with E-state index in [1.54, 1.807) is 23.6 Å². The Hall–Kier alpha value is -1.77. The van der Waals surface area contributed by atoms with E-state index in [0.717, 1.165) is 30.2 Å². The lowest BCUT2D eigenvalue weighted by Crippen LogP contribution is -2.55. The molecular formula is C17H26N4O4S. The topological polar surface area (TPSA) is 97.4 Å². The van der Waals surface area contributed by atoms with Gasteiger partial charge in [0.15, 0.2) is 5.16 Å². The molecule has 2 aliphatic rings. The number of piperidine rings is 1. The number of nitrogens with zero attached hydrogens (tertiary/aromatic N) is 3. The number of ether oxygens (including phenoxy) is 2. The number of carbonyl (C=O) groups excluding carboxylic acids is 2. The Morgan fingerprint density at radius 3 is 2.88 bits per heavy atom. The van der Waals surface area contributed by atoms with E-state index in [9.17, 15) is 9.59 Å². The summed E-state index contributed by atoms with van der Waals surface area (Å²) in [5, 5.41) is 7.59. The number of aromatic amines is 1. The number of rotatable bonds is 5. The minimum Gasteiger partial charge on any atom is -0.464 e. The first-order valence-corrected chi connectivity index (χ1v) is 10.1. The number of carbonyl (C=O) groups is 2. The Balaban J connectivity index is 1.62. The maximum Gasteiger partial charge on any atom is 0.410 e. The Labute approximate surface area is 157 Å². The molecule has 1 N–H and O–H groups in total. The van der Waals surface area contributed by atoms with Crippen LogP contribution in [0.3, 0.4) is 0 Å². The number of aromatic nitrogens is 3. The third-order valence-electron chi connectivity index (χ3n) is 5.40. The molecule has 1 aromatic heterocycles. The lowest BCUT2D eigenvalue weighted by molar-refractivity contribution is -0.152. The Kier molecular flexibility index (Phi) is 6.39. The van der Waals surface area contributed by atoms with Crippen molar-refractivity contribution < 1.29 is 19.1 Å². The number of hydrogen-bond donors (Lipinski definition) is 1. The van der Waals surface area contributed by atoms with Crippen molar-refractivity contribution in [1.82, 2.24) is 20.1 Å². The molecule has 1 amide bonds. The minimum atomic E-state index is -0.538. The number of esters is 1. The van der Waals surface area contributed by atoms with E-state index >= 15 is 0 Å². The molecule has 1 saturated heterocycles. The van der Waals surface area contributed by atoms with Crippen LogP contribution >= 0.6 is 11.8 Å². The standard InChI is InChI=1S/C17H26N4O4S/c1-3-25-15(22)14-7-13-6-11(9-26-16-18-10-19-20-16)4-5-12(13)8-21(14)17(23)24-2/h10-14H,3-9H2,1-2H3,(H,18,19,20)/t11-,12-,13+,14-/m0/s1. The van der Waals surface area contributed by atoms with E-state index < -0.39 is 12.1 Å². The monoisotopic (exact) mass is 382 g/mol. The van der Waals surface area contributed by atoms with Gasteiger partial charge in [0.25, 0.3) is 0 Å². The van der Waals surface area contributed by atoms with Crippen LogP contribution in [0.15, 0.2) is 11.5 Å². The third kappa shape index (κ3) is 4.31. The zero-order valence-corrected chi connectivity index (χ0v) is 16.0. The highest BCUT2D eigenvalue weighted by atomic mass is 32.2. The van der Waals surface area contributed by atoms with Gasteiger partial charge in [-0.1, -0.05) is 11.8 Å². The van der Waals surface area contributed by atoms with Gasteiger partial charge in [-0.25, -0.2) is 14.6 Å². The molecule has 8 nitrogen and oxygen atoms in total. The lowest BCUT2D eigenvalue weighted by atomic mass is 9.69. The van der Waals surface area contributed by atoms with Gasteiger partial charge in [-0.2, -0.15) is 5.10 Å². The van der Waals surface area contributed by atoms with Crippen LogP contribution in [0, 0.1) is 17.8 Å². The molecule has 0 aromatic carbocycles. The maximum absolute atomic E-state index is 12.4. The van der Waals surface area contributed by atoms with Crippen molar-refractivity contribution in [2.45, 2.75) is 43.8 Å². The molecule has 0 bridgehead atoms. The van der Waals surface area contributed by atoms with Gasteiger partial charge >= 0.3 is 12.1 Å². The van der Waals surface area contributed by atoms with E-state index in [1.807, 2.05) is 0 Å². The van der Waals surface area contributed by atoms with Gasteiger partial charge in [0.05, 0.1) is 13.7 Å². The fourth-order valence-corrected chi connectivity index (χ4v) is 5.08. The summed E-state index contributed by atoms with van der Waals surface area (Å²) in [6.45, 7) is 2.67. The second kappa shape index (κ2) is 8.75. The fourth-order valence-electron chi connectivity index (χ4n) is 4.14. The summed E-state index contributed by atoms with van der Waals surface area (Å²) in [7, 11) is 1.36. The SMILES string of the molecule is CCOC(=O)[C@@H]1C[C@H]2C[C@@H](CSc3ncn[nH]3)CC[C@H]2CN1C(=O)OC. The van der Waals surface area contributed by atoms with Crippen LogP contribution in [0.2, 0.25) is 0 Å². The summed E-state index contributed by atoms with van der Waals surface area (Å²) in [5.41, 5.74) is 0. The molecule has 9 heteroatoms. The summed E-state index contributed by atoms with van der Waals surface area (Å²) >= 11 is 1.69. The summed E-state index contributed by atoms with van der Waals surface area (Å²) in [4.78, 5) is 30.2. The molecule has 144 valence electrons. The average Bonchev–Trinajstić information content (AvgIpc) is 3.18. The van der Waals surface area contributed by atoms with E-state index in [0.29, 0.717) is 37.3 Å². The zero-order valence-electron chi connectivity index (χ0n) is 15.2. The number of fused-ring (bicyclic) bond motifs is 1. The molecule has 3 rings (SSSR count). The Bertz CT molecular complexity index is 612. The molecule has 0 spiro atoms. The number of hydrogen-bond acceptors (Lipinski definition) is 7. The largest absolute Gasteiger partial charge is 0.464 e. The van der Waals surface area contributed by atoms with Gasteiger partial charge in [0, 0.05) is 12.3 Å². The molecular weight excluding hydrogens is 356 g/mol. The smallest absolute Gasteiger partial charge is 0.410 e. The summed E-state index contributed by atoms with van der Waals surface area (Å²) < 4.78 is 10.1. The van der Waals surface area contributed by atoms with Crippen LogP contribution in [0.4, 0.5) is 4.79 Å². The number of H-pyrrole nitrogens is 1. The average molecular weight is 382 g/mol.